The predicted molar refractivity (Wildman–Crippen MR) is 82.0 cm³/mol. The maximum absolute atomic E-state index is 13.0. The van der Waals surface area contributed by atoms with Crippen LogP contribution in [0.4, 0.5) is 18.9 Å². The zero-order valence-corrected chi connectivity index (χ0v) is 12.9. The Morgan fingerprint density at radius 3 is 2.59 bits per heavy atom. The van der Waals surface area contributed by atoms with Gasteiger partial charge >= 0.3 is 6.18 Å². The lowest BCUT2D eigenvalue weighted by Gasteiger charge is -2.37. The average Bonchev–Trinajstić information content (AvgIpc) is 3.29. The molecule has 2 aliphatic rings. The summed E-state index contributed by atoms with van der Waals surface area (Å²) in [7, 11) is 0. The van der Waals surface area contributed by atoms with Gasteiger partial charge in [-0.05, 0) is 62.8 Å². The molecule has 1 aliphatic carbocycles. The Kier molecular flexibility index (Phi) is 4.35. The van der Waals surface area contributed by atoms with Crippen LogP contribution < -0.4 is 10.2 Å². The highest BCUT2D eigenvalue weighted by atomic mass is 19.4. The SMILES string of the molecule is CC1CCCCN1c1ccc(C(F)(F)F)cc1CNC1CC1. The van der Waals surface area contributed by atoms with E-state index in [2.05, 4.69) is 17.1 Å². The zero-order chi connectivity index (χ0) is 15.7. The topological polar surface area (TPSA) is 15.3 Å². The third kappa shape index (κ3) is 3.57. The van der Waals surface area contributed by atoms with Gasteiger partial charge in [-0.25, -0.2) is 0 Å². The Labute approximate surface area is 129 Å². The number of benzene rings is 1. The Morgan fingerprint density at radius 1 is 1.18 bits per heavy atom. The van der Waals surface area contributed by atoms with E-state index in [9.17, 15) is 13.2 Å². The standard InChI is InChI=1S/C17H23F3N2/c1-12-4-2-3-9-22(12)16-8-5-14(17(18,19)20)10-13(16)11-21-15-6-7-15/h5,8,10,12,15,21H,2-4,6-7,9,11H2,1H3. The van der Waals surface area contributed by atoms with Crippen molar-refractivity contribution in [2.45, 2.75) is 63.8 Å². The normalized spacial score (nSPS) is 22.9. The number of hydrogen-bond acceptors (Lipinski definition) is 2. The Bertz CT molecular complexity index is 523. The number of nitrogens with zero attached hydrogens (tertiary/aromatic N) is 1. The second-order valence-electron chi connectivity index (χ2n) is 6.53. The first-order chi connectivity index (χ1) is 10.4. The first-order valence-corrected chi connectivity index (χ1v) is 8.15. The van der Waals surface area contributed by atoms with E-state index < -0.39 is 11.7 Å². The molecule has 0 spiro atoms. The molecule has 2 fully saturated rings. The van der Waals surface area contributed by atoms with Crippen molar-refractivity contribution in [1.29, 1.82) is 0 Å². The van der Waals surface area contributed by atoms with Gasteiger partial charge in [-0.1, -0.05) is 0 Å². The van der Waals surface area contributed by atoms with E-state index in [1.807, 2.05) is 0 Å². The molecule has 1 saturated heterocycles. The summed E-state index contributed by atoms with van der Waals surface area (Å²) in [5.74, 6) is 0. The molecule has 1 N–H and O–H groups in total. The van der Waals surface area contributed by atoms with Crippen LogP contribution in [-0.4, -0.2) is 18.6 Å². The van der Waals surface area contributed by atoms with Crippen LogP contribution in [0, 0.1) is 0 Å². The first-order valence-electron chi connectivity index (χ1n) is 8.15. The summed E-state index contributed by atoms with van der Waals surface area (Å²) in [6, 6.07) is 5.09. The summed E-state index contributed by atoms with van der Waals surface area (Å²) in [6.07, 6.45) is 1.41. The highest BCUT2D eigenvalue weighted by Gasteiger charge is 2.32. The van der Waals surface area contributed by atoms with Gasteiger partial charge in [0.05, 0.1) is 5.56 Å². The monoisotopic (exact) mass is 312 g/mol. The molecular weight excluding hydrogens is 289 g/mol. The molecule has 1 aliphatic heterocycles. The smallest absolute Gasteiger partial charge is 0.369 e. The van der Waals surface area contributed by atoms with Gasteiger partial charge in [-0.15, -0.1) is 0 Å². The third-order valence-corrected chi connectivity index (χ3v) is 4.68. The number of alkyl halides is 3. The molecule has 122 valence electrons. The molecule has 1 saturated carbocycles. The number of rotatable bonds is 4. The molecule has 0 bridgehead atoms. The number of piperidine rings is 1. The quantitative estimate of drug-likeness (QED) is 0.890. The van der Waals surface area contributed by atoms with E-state index >= 15 is 0 Å². The van der Waals surface area contributed by atoms with E-state index in [1.165, 1.54) is 18.6 Å². The van der Waals surface area contributed by atoms with E-state index in [0.717, 1.165) is 43.5 Å². The minimum atomic E-state index is -4.28. The molecule has 1 atom stereocenters. The van der Waals surface area contributed by atoms with Crippen LogP contribution in [-0.2, 0) is 12.7 Å². The van der Waals surface area contributed by atoms with E-state index in [4.69, 9.17) is 0 Å². The fourth-order valence-corrected chi connectivity index (χ4v) is 3.18. The van der Waals surface area contributed by atoms with Crippen molar-refractivity contribution < 1.29 is 13.2 Å². The lowest BCUT2D eigenvalue weighted by atomic mass is 9.99. The van der Waals surface area contributed by atoms with E-state index in [1.54, 1.807) is 6.07 Å². The Hall–Kier alpha value is -1.23. The number of nitrogens with one attached hydrogen (secondary N) is 1. The largest absolute Gasteiger partial charge is 0.416 e. The van der Waals surface area contributed by atoms with Crippen molar-refractivity contribution in [1.82, 2.24) is 5.32 Å². The van der Waals surface area contributed by atoms with Gasteiger partial charge < -0.3 is 10.2 Å². The second-order valence-corrected chi connectivity index (χ2v) is 6.53. The molecule has 1 aromatic rings. The Balaban J connectivity index is 1.88. The number of hydrogen-bond donors (Lipinski definition) is 1. The van der Waals surface area contributed by atoms with Crippen LogP contribution in [0.2, 0.25) is 0 Å². The van der Waals surface area contributed by atoms with Crippen molar-refractivity contribution in [3.8, 4) is 0 Å². The van der Waals surface area contributed by atoms with Crippen LogP contribution in [0.3, 0.4) is 0 Å². The first kappa shape index (κ1) is 15.7. The molecule has 1 heterocycles. The van der Waals surface area contributed by atoms with Gasteiger partial charge in [-0.3, -0.25) is 0 Å². The van der Waals surface area contributed by atoms with Crippen molar-refractivity contribution in [3.05, 3.63) is 29.3 Å². The summed E-state index contributed by atoms with van der Waals surface area (Å²) >= 11 is 0. The van der Waals surface area contributed by atoms with Crippen molar-refractivity contribution in [2.24, 2.45) is 0 Å². The van der Waals surface area contributed by atoms with Crippen LogP contribution in [0.5, 0.6) is 0 Å². The van der Waals surface area contributed by atoms with E-state index in [-0.39, 0.29) is 0 Å². The predicted octanol–water partition coefficient (Wildman–Crippen LogP) is 4.34. The maximum Gasteiger partial charge on any atom is 0.416 e. The lowest BCUT2D eigenvalue weighted by Crippen LogP contribution is -2.38. The maximum atomic E-state index is 13.0. The summed E-state index contributed by atoms with van der Waals surface area (Å²) < 4.78 is 39.0. The minimum Gasteiger partial charge on any atom is -0.369 e. The summed E-state index contributed by atoms with van der Waals surface area (Å²) in [5.41, 5.74) is 1.19. The molecule has 5 heteroatoms. The van der Waals surface area contributed by atoms with Crippen LogP contribution in [0.1, 0.15) is 50.2 Å². The van der Waals surface area contributed by atoms with Crippen LogP contribution in [0.25, 0.3) is 0 Å². The van der Waals surface area contributed by atoms with Crippen molar-refractivity contribution in [3.63, 3.8) is 0 Å². The van der Waals surface area contributed by atoms with Gasteiger partial charge in [0.25, 0.3) is 0 Å². The van der Waals surface area contributed by atoms with Crippen LogP contribution in [0.15, 0.2) is 18.2 Å². The molecule has 3 rings (SSSR count). The summed E-state index contributed by atoms with van der Waals surface area (Å²) in [6.45, 7) is 3.62. The van der Waals surface area contributed by atoms with Gasteiger partial charge in [0.15, 0.2) is 0 Å². The molecular formula is C17H23F3N2. The van der Waals surface area contributed by atoms with Gasteiger partial charge in [0, 0.05) is 30.9 Å². The van der Waals surface area contributed by atoms with Crippen molar-refractivity contribution in [2.75, 3.05) is 11.4 Å². The highest BCUT2D eigenvalue weighted by molar-refractivity contribution is 5.56. The second kappa shape index (κ2) is 6.11. The molecule has 0 radical (unpaired) electrons. The third-order valence-electron chi connectivity index (χ3n) is 4.68. The molecule has 2 nitrogen and oxygen atoms in total. The molecule has 1 aromatic carbocycles. The van der Waals surface area contributed by atoms with Gasteiger partial charge in [-0.2, -0.15) is 13.2 Å². The zero-order valence-electron chi connectivity index (χ0n) is 12.9. The van der Waals surface area contributed by atoms with Gasteiger partial charge in [0.2, 0.25) is 0 Å². The molecule has 1 unspecified atom stereocenters. The molecule has 0 amide bonds. The Morgan fingerprint density at radius 2 is 1.95 bits per heavy atom. The van der Waals surface area contributed by atoms with E-state index in [0.29, 0.717) is 18.6 Å². The highest BCUT2D eigenvalue weighted by Crippen LogP contribution is 2.35. The number of halogens is 3. The molecule has 22 heavy (non-hydrogen) atoms. The van der Waals surface area contributed by atoms with Gasteiger partial charge in [0.1, 0.15) is 0 Å². The summed E-state index contributed by atoms with van der Waals surface area (Å²) in [4.78, 5) is 2.27. The molecule has 0 aromatic heterocycles. The van der Waals surface area contributed by atoms with Crippen LogP contribution >= 0.6 is 0 Å². The minimum absolute atomic E-state index is 0.394. The fourth-order valence-electron chi connectivity index (χ4n) is 3.18. The average molecular weight is 312 g/mol. The summed E-state index contributed by atoms with van der Waals surface area (Å²) in [5, 5.41) is 3.35. The number of anilines is 1. The lowest BCUT2D eigenvalue weighted by molar-refractivity contribution is -0.137. The van der Waals surface area contributed by atoms with Crippen molar-refractivity contribution >= 4 is 5.69 Å². The fraction of sp³-hybridized carbons (Fsp3) is 0.647.